The van der Waals surface area contributed by atoms with Gasteiger partial charge >= 0.3 is 29.6 Å². The van der Waals surface area contributed by atoms with Crippen LogP contribution in [0.15, 0.2) is 10.6 Å². The molecule has 0 unspecified atom stereocenters. The summed E-state index contributed by atoms with van der Waals surface area (Å²) in [7, 11) is 0. The number of hydrogen-bond donors (Lipinski definition) is 5. The fraction of sp³-hybridized carbons (Fsp3) is 1.00. The molecule has 0 atom stereocenters. The van der Waals surface area contributed by atoms with Gasteiger partial charge in [0, 0.05) is 45.7 Å². The predicted molar refractivity (Wildman–Crippen MR) is 80.4 cm³/mol. The average molecular weight is 434 g/mol. The van der Waals surface area contributed by atoms with Gasteiger partial charge in [0.1, 0.15) is 0 Å². The summed E-state index contributed by atoms with van der Waals surface area (Å²) in [5.74, 6) is 5.14. The van der Waals surface area contributed by atoms with Crippen molar-refractivity contribution in [2.75, 3.05) is 39.3 Å². The van der Waals surface area contributed by atoms with Crippen molar-refractivity contribution in [3.8, 4) is 0 Å². The first-order chi connectivity index (χ1) is 9.92. The summed E-state index contributed by atoms with van der Waals surface area (Å²) in [5, 5.41) is 42.7. The molecule has 0 saturated carbocycles. The van der Waals surface area contributed by atoms with Gasteiger partial charge in [0.05, 0.1) is 36.7 Å². The van der Waals surface area contributed by atoms with Crippen LogP contribution in [0.25, 0.3) is 0 Å². The summed E-state index contributed by atoms with van der Waals surface area (Å²) >= 11 is 0. The Morgan fingerprint density at radius 1 is 1.00 bits per heavy atom. The van der Waals surface area contributed by atoms with E-state index in [2.05, 4.69) is 10.6 Å². The third-order valence-corrected chi connectivity index (χ3v) is 2.61. The maximum atomic E-state index is 9.50. The molecule has 0 aromatic carbocycles. The van der Waals surface area contributed by atoms with Crippen molar-refractivity contribution in [1.29, 1.82) is 0 Å². The van der Waals surface area contributed by atoms with Crippen molar-refractivity contribution >= 4 is 12.4 Å². The van der Waals surface area contributed by atoms with Gasteiger partial charge in [-0.1, -0.05) is 0 Å². The Labute approximate surface area is 180 Å². The second-order valence-electron chi connectivity index (χ2n) is 4.60. The molecule has 3 fully saturated rings. The molecular formula is C9H22ClN6NaO6Zn. The standard InChI is InChI=1S/C3H6N2O2.C3H8N2O.C3H7NO.ClH.HNO2.Na.Zn/c6-3-1-5(2-3)4-7;4-5-1-3(6)2-5;5-3-1-4-2-3;;2-1-3;;/h3,6H,1-2H2;3,6H,1-2,4H2;3-5H,1-2H2;1H;(H,2,3);;/q;;;;;+1;/p-1. The van der Waals surface area contributed by atoms with E-state index in [1.807, 2.05) is 0 Å². The molecule has 0 aromatic heterocycles. The van der Waals surface area contributed by atoms with Crippen molar-refractivity contribution in [2.24, 2.45) is 16.5 Å². The van der Waals surface area contributed by atoms with Crippen LogP contribution in [0, 0.1) is 15.0 Å². The molecule has 3 heterocycles. The van der Waals surface area contributed by atoms with Crippen molar-refractivity contribution in [2.45, 2.75) is 18.3 Å². The van der Waals surface area contributed by atoms with E-state index in [9.17, 15) is 4.91 Å². The molecule has 3 aliphatic rings. The molecule has 0 aromatic rings. The molecule has 0 amide bonds. The fourth-order valence-electron chi connectivity index (χ4n) is 1.26. The van der Waals surface area contributed by atoms with E-state index in [4.69, 9.17) is 31.3 Å². The van der Waals surface area contributed by atoms with Crippen LogP contribution in [0.2, 0.25) is 0 Å². The van der Waals surface area contributed by atoms with E-state index >= 15 is 0 Å². The predicted octanol–water partition coefficient (Wildman–Crippen LogP) is -5.49. The third-order valence-electron chi connectivity index (χ3n) is 2.61. The van der Waals surface area contributed by atoms with E-state index in [1.165, 1.54) is 5.01 Å². The maximum absolute atomic E-state index is 9.50. The monoisotopic (exact) mass is 432 g/mol. The van der Waals surface area contributed by atoms with Gasteiger partial charge in [0.15, 0.2) is 0 Å². The van der Waals surface area contributed by atoms with Crippen LogP contribution in [0.4, 0.5) is 0 Å². The maximum Gasteiger partial charge on any atom is 1.00 e. The average Bonchev–Trinajstić information content (AvgIpc) is 2.34. The molecule has 6 N–H and O–H groups in total. The van der Waals surface area contributed by atoms with E-state index in [0.29, 0.717) is 26.2 Å². The third kappa shape index (κ3) is 17.3. The second-order valence-corrected chi connectivity index (χ2v) is 4.60. The molecule has 3 rings (SSSR count). The Kier molecular flexibility index (Phi) is 26.5. The van der Waals surface area contributed by atoms with Crippen LogP contribution in [-0.2, 0) is 19.5 Å². The molecule has 3 saturated heterocycles. The molecule has 3 aliphatic heterocycles. The van der Waals surface area contributed by atoms with E-state index in [-0.39, 0.29) is 79.8 Å². The first-order valence-corrected chi connectivity index (χ1v) is 6.20. The van der Waals surface area contributed by atoms with Crippen LogP contribution in [0.1, 0.15) is 0 Å². The van der Waals surface area contributed by atoms with Gasteiger partial charge in [-0.15, -0.1) is 22.7 Å². The number of rotatable bonds is 1. The summed E-state index contributed by atoms with van der Waals surface area (Å²) in [5.41, 5.74) is 0. The van der Waals surface area contributed by atoms with Gasteiger partial charge in [-0.3, -0.25) is 10.9 Å². The normalized spacial score (nSPS) is 18.9. The number of hydrogen-bond acceptors (Lipinski definition) is 11. The molecule has 0 aliphatic carbocycles. The van der Waals surface area contributed by atoms with Gasteiger partial charge in [0.2, 0.25) is 0 Å². The molecule has 15 heteroatoms. The van der Waals surface area contributed by atoms with Crippen LogP contribution in [0.5, 0.6) is 0 Å². The SMILES string of the molecule is Cl.NN1CC(O)C1.O=NN1CC(O)C1.O=N[O-].OC1CNC1.[Na+].[Zn]. The van der Waals surface area contributed by atoms with Gasteiger partial charge in [-0.25, -0.2) is 5.01 Å². The number of nitrogens with zero attached hydrogens (tertiary/aromatic N) is 4. The quantitative estimate of drug-likeness (QED) is 0.115. The number of aliphatic hydroxyl groups is 3. The molecule has 0 radical (unpaired) electrons. The number of aliphatic hydroxyl groups excluding tert-OH is 3. The van der Waals surface area contributed by atoms with Crippen LogP contribution in [-0.4, -0.2) is 82.9 Å². The minimum Gasteiger partial charge on any atom is -0.444 e. The minimum atomic E-state index is -0.322. The van der Waals surface area contributed by atoms with Gasteiger partial charge < -0.3 is 30.8 Å². The number of hydrazine groups is 1. The number of nitroso groups, excluding NO2 is 1. The number of nitrogens with two attached hydrogens (primary N) is 1. The summed E-state index contributed by atoms with van der Waals surface area (Å²) in [6.07, 6.45) is -0.525. The van der Waals surface area contributed by atoms with E-state index in [1.54, 1.807) is 5.01 Å². The number of β-amino-alcohol motifs (C(OH)–C–C–N with tert-alkyl or cyclic N) is 3. The Morgan fingerprint density at radius 3 is 1.38 bits per heavy atom. The van der Waals surface area contributed by atoms with Crippen LogP contribution < -0.4 is 40.7 Å². The molecule has 0 bridgehead atoms. The van der Waals surface area contributed by atoms with Crippen molar-refractivity contribution in [3.05, 3.63) is 15.0 Å². The second kappa shape index (κ2) is 19.8. The van der Waals surface area contributed by atoms with Crippen molar-refractivity contribution in [1.82, 2.24) is 15.3 Å². The summed E-state index contributed by atoms with van der Waals surface area (Å²) in [4.78, 5) is 17.5. The zero-order valence-electron chi connectivity index (χ0n) is 13.5. The Morgan fingerprint density at radius 2 is 1.33 bits per heavy atom. The summed E-state index contributed by atoms with van der Waals surface area (Å²) in [6.45, 7) is 3.67. The Bertz CT molecular complexity index is 294. The Hall–Kier alpha value is 0.473. The van der Waals surface area contributed by atoms with E-state index in [0.717, 1.165) is 18.4 Å². The van der Waals surface area contributed by atoms with Crippen LogP contribution in [0.3, 0.4) is 0 Å². The van der Waals surface area contributed by atoms with Crippen molar-refractivity contribution in [3.63, 3.8) is 0 Å². The summed E-state index contributed by atoms with van der Waals surface area (Å²) < 4.78 is 0. The smallest absolute Gasteiger partial charge is 0.444 e. The van der Waals surface area contributed by atoms with Gasteiger partial charge in [-0.2, -0.15) is 0 Å². The fourth-order valence-corrected chi connectivity index (χ4v) is 1.26. The van der Waals surface area contributed by atoms with Crippen LogP contribution >= 0.6 is 12.4 Å². The van der Waals surface area contributed by atoms with Gasteiger partial charge in [0.25, 0.3) is 0 Å². The number of nitrogens with one attached hydrogen (secondary N) is 1. The Balaban J connectivity index is -0.000000110. The topological polar surface area (TPSA) is 187 Å². The zero-order valence-corrected chi connectivity index (χ0v) is 19.3. The first kappa shape index (κ1) is 32.2. The molecule has 0 spiro atoms. The van der Waals surface area contributed by atoms with Gasteiger partial charge in [-0.05, 0) is 0 Å². The molecular weight excluding hydrogens is 412 g/mol. The van der Waals surface area contributed by atoms with Crippen molar-refractivity contribution < 1.29 is 64.4 Å². The largest absolute Gasteiger partial charge is 1.00 e. The van der Waals surface area contributed by atoms with E-state index < -0.39 is 0 Å². The first-order valence-electron chi connectivity index (χ1n) is 6.20. The zero-order chi connectivity index (χ0) is 16.3. The summed E-state index contributed by atoms with van der Waals surface area (Å²) in [6, 6.07) is 0. The molecule has 134 valence electrons. The molecule has 24 heavy (non-hydrogen) atoms. The minimum absolute atomic E-state index is 0. The molecule has 12 nitrogen and oxygen atoms in total. The number of halogens is 1.